The highest BCUT2D eigenvalue weighted by molar-refractivity contribution is 7.20. The molecule has 0 saturated heterocycles. The summed E-state index contributed by atoms with van der Waals surface area (Å²) >= 11 is 0. The number of hydrogen-bond acceptors (Lipinski definition) is 1. The first-order chi connectivity index (χ1) is 30.5. The van der Waals surface area contributed by atoms with E-state index >= 15 is 35.1 Å². The topological polar surface area (TPSA) is 16.8 Å². The number of aromatic nitrogens is 2. The zero-order chi connectivity index (χ0) is 48.1. The fraction of sp³-hybridized carbons (Fsp3) is 0.0476. The fourth-order valence-electron chi connectivity index (χ4n) is 7.14. The second kappa shape index (κ2) is 17.9. The van der Waals surface area contributed by atoms with Crippen LogP contribution in [-0.2, 0) is 6.54 Å². The van der Waals surface area contributed by atoms with Gasteiger partial charge in [-0.2, -0.15) is 4.57 Å². The molecule has 0 aliphatic heterocycles. The second-order valence-electron chi connectivity index (χ2n) is 13.7. The van der Waals surface area contributed by atoms with Gasteiger partial charge < -0.3 is 0 Å². The minimum Gasteiger partial charge on any atom is -0.252 e. The van der Waals surface area contributed by atoms with E-state index in [4.69, 9.17) is 0 Å². The largest absolute Gasteiger partial charge is 0.252 e. The SMILES string of the molecule is Cc1ccc(-c2cncc[n+]2Cc2ccccc2)cc1.Fc1c(F)c(F)c([B-](c2c(F)c(F)c(F)c(F)c2F)(c2c(F)c(F)c(F)c(F)c2F)c2c(F)c(F)c(F)c(F)c2F)c(F)c1F. The van der Waals surface area contributed by atoms with Gasteiger partial charge in [-0.05, 0) is 19.1 Å². The highest BCUT2D eigenvalue weighted by atomic mass is 19.2. The normalized spacial score (nSPS) is 11.5. The van der Waals surface area contributed by atoms with Gasteiger partial charge in [0.2, 0.25) is 5.69 Å². The van der Waals surface area contributed by atoms with E-state index in [1.54, 1.807) is 0 Å². The minimum absolute atomic E-state index is 0.854. The summed E-state index contributed by atoms with van der Waals surface area (Å²) in [6.45, 7) is 2.96. The van der Waals surface area contributed by atoms with Crippen molar-refractivity contribution in [3.05, 3.63) is 201 Å². The van der Waals surface area contributed by atoms with Gasteiger partial charge in [-0.1, -0.05) is 48.0 Å². The Morgan fingerprint density at radius 1 is 0.385 bits per heavy atom. The van der Waals surface area contributed by atoms with Crippen LogP contribution in [0.15, 0.2) is 73.2 Å². The maximum atomic E-state index is 15.4. The average molecular weight is 940 g/mol. The molecule has 1 heterocycles. The summed E-state index contributed by atoms with van der Waals surface area (Å²) in [7, 11) is 0. The molecule has 2 nitrogen and oxygen atoms in total. The number of halogens is 20. The maximum Gasteiger partial charge on any atom is 0.231 e. The van der Waals surface area contributed by atoms with Crippen LogP contribution in [0.3, 0.4) is 0 Å². The van der Waals surface area contributed by atoms with Crippen molar-refractivity contribution in [3.63, 3.8) is 0 Å². The summed E-state index contributed by atoms with van der Waals surface area (Å²) in [4.78, 5) is 4.26. The molecular weight excluding hydrogens is 923 g/mol. The predicted octanol–water partition coefficient (Wildman–Crippen LogP) is 9.24. The molecule has 1 aromatic heterocycles. The molecule has 0 saturated carbocycles. The van der Waals surface area contributed by atoms with Gasteiger partial charge >= 0.3 is 0 Å². The minimum atomic E-state index is -7.22. The van der Waals surface area contributed by atoms with E-state index in [1.165, 1.54) is 16.7 Å². The molecule has 0 atom stereocenters. The van der Waals surface area contributed by atoms with Gasteiger partial charge in [0.05, 0.1) is 12.4 Å². The fourth-order valence-corrected chi connectivity index (χ4v) is 7.14. The van der Waals surface area contributed by atoms with E-state index < -0.39 is 144 Å². The smallest absolute Gasteiger partial charge is 0.231 e. The van der Waals surface area contributed by atoms with E-state index in [9.17, 15) is 52.7 Å². The predicted molar refractivity (Wildman–Crippen MR) is 189 cm³/mol. The third-order valence-corrected chi connectivity index (χ3v) is 10.1. The van der Waals surface area contributed by atoms with Gasteiger partial charge in [-0.3, -0.25) is 4.98 Å². The third kappa shape index (κ3) is 7.68. The number of nitrogens with zero attached hydrogens (tertiary/aromatic N) is 2. The van der Waals surface area contributed by atoms with E-state index in [0.29, 0.717) is 0 Å². The average Bonchev–Trinajstić information content (AvgIpc) is 3.30. The summed E-state index contributed by atoms with van der Waals surface area (Å²) in [5, 5.41) is 0. The van der Waals surface area contributed by atoms with Crippen molar-refractivity contribution in [1.82, 2.24) is 4.98 Å². The molecule has 6 aromatic carbocycles. The second-order valence-corrected chi connectivity index (χ2v) is 13.7. The highest BCUT2D eigenvalue weighted by Crippen LogP contribution is 2.31. The van der Waals surface area contributed by atoms with Gasteiger partial charge in [-0.25, -0.2) is 87.8 Å². The lowest BCUT2D eigenvalue weighted by molar-refractivity contribution is -0.678. The molecule has 0 bridgehead atoms. The van der Waals surface area contributed by atoms with Crippen molar-refractivity contribution >= 4 is 28.0 Å². The number of aryl methyl sites for hydroxylation is 1. The molecule has 23 heteroatoms. The Morgan fingerprint density at radius 3 is 0.985 bits per heavy atom. The molecule has 65 heavy (non-hydrogen) atoms. The third-order valence-electron chi connectivity index (χ3n) is 10.1. The van der Waals surface area contributed by atoms with Crippen LogP contribution in [0.2, 0.25) is 0 Å². The summed E-state index contributed by atoms with van der Waals surface area (Å²) in [5.41, 5.74) is -9.44. The molecule has 0 aliphatic carbocycles. The molecule has 7 aromatic rings. The Kier molecular flexibility index (Phi) is 13.1. The lowest BCUT2D eigenvalue weighted by Crippen LogP contribution is -2.81. The van der Waals surface area contributed by atoms with Crippen molar-refractivity contribution in [2.45, 2.75) is 13.5 Å². The van der Waals surface area contributed by atoms with Gasteiger partial charge in [0.15, 0.2) is 82.5 Å². The lowest BCUT2D eigenvalue weighted by Gasteiger charge is -2.44. The molecule has 338 valence electrons. The van der Waals surface area contributed by atoms with Gasteiger partial charge in [0.25, 0.3) is 0 Å². The summed E-state index contributed by atoms with van der Waals surface area (Å²) in [6.07, 6.45) is -1.43. The zero-order valence-electron chi connectivity index (χ0n) is 31.7. The number of hydrogen-bond donors (Lipinski definition) is 0. The Labute approximate surface area is 350 Å². The summed E-state index contributed by atoms with van der Waals surface area (Å²) in [5.74, 6) is -71.4. The first-order valence-corrected chi connectivity index (χ1v) is 17.7. The van der Waals surface area contributed by atoms with E-state index in [0.717, 1.165) is 12.2 Å². The van der Waals surface area contributed by atoms with Crippen LogP contribution in [0.4, 0.5) is 87.8 Å². The van der Waals surface area contributed by atoms with Gasteiger partial charge in [0.1, 0.15) is 52.7 Å². The summed E-state index contributed by atoms with van der Waals surface area (Å²) < 4.78 is 296. The zero-order valence-corrected chi connectivity index (χ0v) is 31.7. The number of rotatable bonds is 7. The first-order valence-electron chi connectivity index (χ1n) is 17.7. The van der Waals surface area contributed by atoms with Crippen molar-refractivity contribution in [3.8, 4) is 11.3 Å². The van der Waals surface area contributed by atoms with Gasteiger partial charge in [0, 0.05) is 11.1 Å². The molecular formula is C42H17BF20N2. The van der Waals surface area contributed by atoms with Crippen molar-refractivity contribution in [2.75, 3.05) is 0 Å². The number of benzene rings is 6. The Bertz CT molecular complexity index is 2640. The van der Waals surface area contributed by atoms with Crippen molar-refractivity contribution < 1.29 is 92.4 Å². The molecule has 0 fully saturated rings. The van der Waals surface area contributed by atoms with Crippen molar-refractivity contribution in [1.29, 1.82) is 0 Å². The molecule has 0 aliphatic rings. The highest BCUT2D eigenvalue weighted by Gasteiger charge is 2.52. The van der Waals surface area contributed by atoms with E-state index in [1.807, 2.05) is 24.7 Å². The van der Waals surface area contributed by atoms with Crippen molar-refractivity contribution in [2.24, 2.45) is 0 Å². The molecule has 0 unspecified atom stereocenters. The van der Waals surface area contributed by atoms with Crippen LogP contribution >= 0.6 is 0 Å². The van der Waals surface area contributed by atoms with Gasteiger partial charge in [-0.15, -0.1) is 21.9 Å². The Morgan fingerprint density at radius 2 is 0.677 bits per heavy atom. The Balaban J connectivity index is 0.000000289. The molecule has 0 spiro atoms. The van der Waals surface area contributed by atoms with Crippen LogP contribution in [-0.4, -0.2) is 11.1 Å². The molecule has 0 radical (unpaired) electrons. The first kappa shape index (κ1) is 47.5. The molecule has 0 amide bonds. The van der Waals surface area contributed by atoms with Crippen LogP contribution in [0.5, 0.6) is 0 Å². The molecule has 0 N–H and O–H groups in total. The quantitative estimate of drug-likeness (QED) is 0.0513. The van der Waals surface area contributed by atoms with Crippen LogP contribution in [0, 0.1) is 123 Å². The summed E-state index contributed by atoms with van der Waals surface area (Å²) in [6, 6.07) is 19.0. The van der Waals surface area contributed by atoms with Crippen LogP contribution in [0.1, 0.15) is 11.1 Å². The Hall–Kier alpha value is -6.94. The monoisotopic (exact) mass is 940 g/mol. The lowest BCUT2D eigenvalue weighted by atomic mass is 9.12. The van der Waals surface area contributed by atoms with E-state index in [-0.39, 0.29) is 0 Å². The maximum absolute atomic E-state index is 15.4. The van der Waals surface area contributed by atoms with Crippen LogP contribution in [0.25, 0.3) is 11.3 Å². The van der Waals surface area contributed by atoms with Crippen LogP contribution < -0.4 is 26.4 Å². The van der Waals surface area contributed by atoms with E-state index in [2.05, 4.69) is 65.0 Å². The standard InChI is InChI=1S/C24BF20.C18H17N2/c26-5-1(6(27)14(35)21(42)13(5)34)25(2-7(28)15(36)22(43)16(37)8(2)29,3-9(30)17(38)23(44)18(39)10(3)31)4-11(32)19(40)24(45)20(41)12(4)33;1-15-7-9-17(10-8-15)18-13-19-11-12-20(18)14-16-5-3-2-4-6-16/h;2-13H,14H2,1H3/q-1;+1. The molecule has 7 rings (SSSR count).